The van der Waals surface area contributed by atoms with Gasteiger partial charge in [-0.05, 0) is 6.08 Å². The lowest BCUT2D eigenvalue weighted by molar-refractivity contribution is -0.133. The molecule has 0 heterocycles. The number of carboxylic acids is 1. The number of rotatable bonds is 2. The second-order valence-electron chi connectivity index (χ2n) is 2.74. The third-order valence-electron chi connectivity index (χ3n) is 1.79. The van der Waals surface area contributed by atoms with Gasteiger partial charge in [-0.2, -0.15) is 0 Å². The normalized spacial score (nSPS) is 19.3. The highest BCUT2D eigenvalue weighted by Gasteiger charge is 2.20. The van der Waals surface area contributed by atoms with Gasteiger partial charge in [-0.15, -0.1) is 0 Å². The van der Waals surface area contributed by atoms with Crippen molar-refractivity contribution in [2.24, 2.45) is 0 Å². The molecule has 1 aliphatic rings. The Labute approximate surface area is 84.1 Å². The number of hydrogen-bond donors (Lipinski definition) is 3. The number of allylic oxidation sites excluding steroid dienone is 5. The Morgan fingerprint density at radius 1 is 1.40 bits per heavy atom. The van der Waals surface area contributed by atoms with Gasteiger partial charge in [-0.1, -0.05) is 0 Å². The van der Waals surface area contributed by atoms with Gasteiger partial charge < -0.3 is 15.8 Å². The molecular weight excluding hydrogens is 206 g/mol. The lowest BCUT2D eigenvalue weighted by Gasteiger charge is -2.11. The third-order valence-corrected chi connectivity index (χ3v) is 1.79. The van der Waals surface area contributed by atoms with Crippen molar-refractivity contribution >= 4 is 11.7 Å². The fraction of sp³-hybridized carbons (Fsp3) is 0.111. The van der Waals surface area contributed by atoms with Crippen LogP contribution in [0.5, 0.6) is 0 Å². The van der Waals surface area contributed by atoms with Gasteiger partial charge in [0, 0.05) is 18.7 Å². The van der Waals surface area contributed by atoms with Gasteiger partial charge in [0.1, 0.15) is 5.70 Å². The van der Waals surface area contributed by atoms with Crippen LogP contribution >= 0.6 is 0 Å². The van der Waals surface area contributed by atoms with E-state index in [1.807, 2.05) is 0 Å². The Balaban J connectivity index is 3.29. The Hall–Kier alpha value is -1.98. The first-order chi connectivity index (χ1) is 6.97. The van der Waals surface area contributed by atoms with Crippen molar-refractivity contribution < 1.29 is 18.7 Å². The molecule has 0 aromatic heterocycles. The van der Waals surface area contributed by atoms with Crippen molar-refractivity contribution in [3.05, 3.63) is 35.1 Å². The van der Waals surface area contributed by atoms with Crippen molar-refractivity contribution in [2.45, 2.75) is 0 Å². The topological polar surface area (TPSA) is 73.2 Å². The van der Waals surface area contributed by atoms with Gasteiger partial charge in [-0.3, -0.25) is 0 Å². The lowest BCUT2D eigenvalue weighted by Crippen LogP contribution is -2.21. The minimum absolute atomic E-state index is 0.191. The molecule has 6 heteroatoms. The molecule has 0 aromatic carbocycles. The molecule has 0 fully saturated rings. The maximum Gasteiger partial charge on any atom is 0.352 e. The second-order valence-corrected chi connectivity index (χ2v) is 2.74. The molecule has 0 aromatic rings. The average Bonchev–Trinajstić information content (AvgIpc) is 2.14. The van der Waals surface area contributed by atoms with Crippen molar-refractivity contribution in [3.63, 3.8) is 0 Å². The molecule has 4 nitrogen and oxygen atoms in total. The molecule has 3 N–H and O–H groups in total. The summed E-state index contributed by atoms with van der Waals surface area (Å²) in [5, 5.41) is 18.3. The van der Waals surface area contributed by atoms with Crippen molar-refractivity contribution in [1.82, 2.24) is 5.32 Å². The summed E-state index contributed by atoms with van der Waals surface area (Å²) in [7, 11) is 1.32. The number of nitrogens with one attached hydrogen (secondary N) is 2. The zero-order valence-corrected chi connectivity index (χ0v) is 7.77. The van der Waals surface area contributed by atoms with E-state index < -0.39 is 17.6 Å². The number of carboxylic acid groups (broad SMARTS) is 1. The van der Waals surface area contributed by atoms with E-state index >= 15 is 0 Å². The molecule has 0 atom stereocenters. The van der Waals surface area contributed by atoms with Crippen LogP contribution in [0.25, 0.3) is 0 Å². The average molecular weight is 214 g/mol. The summed E-state index contributed by atoms with van der Waals surface area (Å²) in [6, 6.07) is 0. The Morgan fingerprint density at radius 2 is 1.93 bits per heavy atom. The zero-order chi connectivity index (χ0) is 11.6. The highest BCUT2D eigenvalue weighted by Crippen LogP contribution is 2.23. The fourth-order valence-electron chi connectivity index (χ4n) is 1.11. The summed E-state index contributed by atoms with van der Waals surface area (Å²) in [5.41, 5.74) is -0.927. The van der Waals surface area contributed by atoms with Crippen LogP contribution in [0.3, 0.4) is 0 Å². The largest absolute Gasteiger partial charge is 0.477 e. The second kappa shape index (κ2) is 4.04. The number of halogens is 2. The van der Waals surface area contributed by atoms with E-state index in [1.165, 1.54) is 7.05 Å². The van der Waals surface area contributed by atoms with E-state index in [4.69, 9.17) is 10.5 Å². The summed E-state index contributed by atoms with van der Waals surface area (Å²) in [6.07, 6.45) is 1.31. The van der Waals surface area contributed by atoms with Crippen LogP contribution in [0.4, 0.5) is 8.78 Å². The number of aliphatic carboxylic acids is 1. The Kier molecular flexibility index (Phi) is 2.99. The molecule has 0 radical (unpaired) electrons. The maximum absolute atomic E-state index is 12.8. The number of likely N-dealkylation sites (N-methyl/N-ethyl adjacent to an activating group) is 1. The fourth-order valence-corrected chi connectivity index (χ4v) is 1.11. The first-order valence-corrected chi connectivity index (χ1v) is 3.96. The summed E-state index contributed by atoms with van der Waals surface area (Å²) >= 11 is 0. The van der Waals surface area contributed by atoms with Crippen LogP contribution in [-0.2, 0) is 4.79 Å². The molecule has 1 aliphatic carbocycles. The number of hydrogen-bond acceptors (Lipinski definition) is 3. The summed E-state index contributed by atoms with van der Waals surface area (Å²) in [5.74, 6) is -3.70. The molecule has 80 valence electrons. The summed E-state index contributed by atoms with van der Waals surface area (Å²) in [6.45, 7) is 0. The number of carbonyl (C=O) groups is 1. The smallest absolute Gasteiger partial charge is 0.352 e. The highest BCUT2D eigenvalue weighted by atomic mass is 19.2. The van der Waals surface area contributed by atoms with Gasteiger partial charge in [0.25, 0.3) is 0 Å². The van der Waals surface area contributed by atoms with Crippen LogP contribution in [-0.4, -0.2) is 23.8 Å². The molecule has 0 unspecified atom stereocenters. The zero-order valence-electron chi connectivity index (χ0n) is 7.77. The van der Waals surface area contributed by atoms with Crippen molar-refractivity contribution in [3.8, 4) is 0 Å². The van der Waals surface area contributed by atoms with Crippen LogP contribution < -0.4 is 5.32 Å². The summed E-state index contributed by atoms with van der Waals surface area (Å²) < 4.78 is 25.5. The SMILES string of the molecule is CN/C(C(=O)O)=C1/C=C(F)C(F)=CC1=N. The van der Waals surface area contributed by atoms with E-state index in [2.05, 4.69) is 5.32 Å². The van der Waals surface area contributed by atoms with Gasteiger partial charge >= 0.3 is 5.97 Å². The molecule has 0 spiro atoms. The van der Waals surface area contributed by atoms with Crippen LogP contribution in [0.15, 0.2) is 35.1 Å². The van der Waals surface area contributed by atoms with Crippen LogP contribution in [0.1, 0.15) is 0 Å². The Bertz CT molecular complexity index is 422. The van der Waals surface area contributed by atoms with Gasteiger partial charge in [-0.25, -0.2) is 13.6 Å². The van der Waals surface area contributed by atoms with Crippen molar-refractivity contribution in [2.75, 3.05) is 7.05 Å². The maximum atomic E-state index is 12.8. The van der Waals surface area contributed by atoms with Crippen LogP contribution in [0.2, 0.25) is 0 Å². The molecule has 15 heavy (non-hydrogen) atoms. The lowest BCUT2D eigenvalue weighted by atomic mass is 10.0. The van der Waals surface area contributed by atoms with E-state index in [0.717, 1.165) is 0 Å². The van der Waals surface area contributed by atoms with E-state index in [-0.39, 0.29) is 17.0 Å². The van der Waals surface area contributed by atoms with E-state index in [9.17, 15) is 13.6 Å². The summed E-state index contributed by atoms with van der Waals surface area (Å²) in [4.78, 5) is 10.7. The van der Waals surface area contributed by atoms with Gasteiger partial charge in [0.05, 0.1) is 5.71 Å². The predicted molar refractivity (Wildman–Crippen MR) is 49.8 cm³/mol. The van der Waals surface area contributed by atoms with Gasteiger partial charge in [0.2, 0.25) is 0 Å². The van der Waals surface area contributed by atoms with E-state index in [1.54, 1.807) is 0 Å². The first kappa shape index (κ1) is 11.1. The monoisotopic (exact) mass is 214 g/mol. The molecule has 1 rings (SSSR count). The Morgan fingerprint density at radius 3 is 2.40 bits per heavy atom. The quantitative estimate of drug-likeness (QED) is 0.606. The van der Waals surface area contributed by atoms with Crippen LogP contribution in [0, 0.1) is 5.41 Å². The minimum Gasteiger partial charge on any atom is -0.477 e. The standard InChI is InChI=1S/C9H8F2N2O2/c1-13-8(9(14)15)4-2-5(10)6(11)3-7(4)12/h2-3,12-13H,1H3,(H,14,15)/b8-4-,12-7?. The molecular formula is C9H8F2N2O2. The molecule has 0 saturated carbocycles. The third kappa shape index (κ3) is 2.09. The van der Waals surface area contributed by atoms with Crippen molar-refractivity contribution in [1.29, 1.82) is 5.41 Å². The molecule has 0 aliphatic heterocycles. The van der Waals surface area contributed by atoms with E-state index in [0.29, 0.717) is 12.2 Å². The first-order valence-electron chi connectivity index (χ1n) is 3.96. The molecule has 0 bridgehead atoms. The minimum atomic E-state index is -1.34. The molecule has 0 amide bonds. The highest BCUT2D eigenvalue weighted by molar-refractivity contribution is 6.14. The van der Waals surface area contributed by atoms with Gasteiger partial charge in [0.15, 0.2) is 11.7 Å². The predicted octanol–water partition coefficient (Wildman–Crippen LogP) is 1.28. The molecule has 0 saturated heterocycles.